The molecule has 1 aromatic heterocycles. The Morgan fingerprint density at radius 3 is 2.77 bits per heavy atom. The van der Waals surface area contributed by atoms with Gasteiger partial charge in [0.2, 0.25) is 0 Å². The van der Waals surface area contributed by atoms with Gasteiger partial charge in [0.15, 0.2) is 0 Å². The molecule has 0 unspecified atom stereocenters. The summed E-state index contributed by atoms with van der Waals surface area (Å²) in [5.74, 6) is 0. The zero-order valence-electron chi connectivity index (χ0n) is 15.1. The molecule has 3 nitrogen and oxygen atoms in total. The molecule has 2 fully saturated rings. The Kier molecular flexibility index (Phi) is 3.87. The van der Waals surface area contributed by atoms with E-state index in [1.165, 1.54) is 34.9 Å². The molecule has 2 aromatic carbocycles. The summed E-state index contributed by atoms with van der Waals surface area (Å²) < 4.78 is 0. The Morgan fingerprint density at radius 2 is 1.92 bits per heavy atom. The van der Waals surface area contributed by atoms with Gasteiger partial charge in [-0.3, -0.25) is 4.90 Å². The molecular weight excluding hydrogens is 320 g/mol. The second-order valence-corrected chi connectivity index (χ2v) is 8.17. The number of hydrogen-bond acceptors (Lipinski definition) is 2. The average molecular weight is 346 g/mol. The second-order valence-electron chi connectivity index (χ2n) is 8.17. The van der Waals surface area contributed by atoms with E-state index in [0.717, 1.165) is 19.4 Å². The van der Waals surface area contributed by atoms with Crippen LogP contribution in [0.15, 0.2) is 60.8 Å². The molecule has 0 amide bonds. The fourth-order valence-corrected chi connectivity index (χ4v) is 5.55. The number of H-pyrrole nitrogens is 1. The van der Waals surface area contributed by atoms with E-state index in [-0.39, 0.29) is 12.0 Å². The molecule has 2 N–H and O–H groups in total. The van der Waals surface area contributed by atoms with Crippen LogP contribution in [0.3, 0.4) is 0 Å². The number of para-hydroxylation sites is 1. The summed E-state index contributed by atoms with van der Waals surface area (Å²) in [6.45, 7) is 1.26. The van der Waals surface area contributed by atoms with Gasteiger partial charge in [-0.25, -0.2) is 0 Å². The van der Waals surface area contributed by atoms with Crippen molar-refractivity contribution in [3.63, 3.8) is 0 Å². The highest BCUT2D eigenvalue weighted by Crippen LogP contribution is 2.52. The van der Waals surface area contributed by atoms with E-state index in [9.17, 15) is 5.11 Å². The third-order valence-electron chi connectivity index (χ3n) is 6.73. The summed E-state index contributed by atoms with van der Waals surface area (Å²) in [4.78, 5) is 6.09. The molecule has 26 heavy (non-hydrogen) atoms. The Balaban J connectivity index is 1.44. The van der Waals surface area contributed by atoms with Crippen LogP contribution in [0.1, 0.15) is 30.4 Å². The first kappa shape index (κ1) is 16.1. The molecule has 3 aromatic rings. The predicted octanol–water partition coefficient (Wildman–Crippen LogP) is 4.13. The van der Waals surface area contributed by atoms with E-state index in [1.54, 1.807) is 0 Å². The predicted molar refractivity (Wildman–Crippen MR) is 105 cm³/mol. The van der Waals surface area contributed by atoms with Crippen LogP contribution in [0.25, 0.3) is 10.9 Å². The number of aliphatic hydroxyl groups excluding tert-OH is 1. The lowest BCUT2D eigenvalue weighted by atomic mass is 9.70. The topological polar surface area (TPSA) is 39.3 Å². The highest BCUT2D eigenvalue weighted by Gasteiger charge is 2.55. The van der Waals surface area contributed by atoms with Crippen LogP contribution in [0.4, 0.5) is 0 Å². The fraction of sp³-hybridized carbons (Fsp3) is 0.391. The van der Waals surface area contributed by atoms with Crippen LogP contribution < -0.4 is 0 Å². The van der Waals surface area contributed by atoms with Crippen LogP contribution in [0.2, 0.25) is 0 Å². The number of hydrogen-bond donors (Lipinski definition) is 2. The smallest absolute Gasteiger partial charge is 0.0506 e. The number of benzene rings is 2. The van der Waals surface area contributed by atoms with Crippen LogP contribution in [0.5, 0.6) is 0 Å². The molecule has 2 bridgehead atoms. The minimum absolute atomic E-state index is 0.00784. The molecule has 2 aliphatic rings. The zero-order valence-corrected chi connectivity index (χ0v) is 15.1. The molecule has 5 rings (SSSR count). The maximum Gasteiger partial charge on any atom is 0.0506 e. The molecule has 2 saturated heterocycles. The number of nitrogens with one attached hydrogen (secondary N) is 1. The summed E-state index contributed by atoms with van der Waals surface area (Å²) >= 11 is 0. The third-order valence-corrected chi connectivity index (χ3v) is 6.73. The van der Waals surface area contributed by atoms with Crippen molar-refractivity contribution >= 4 is 10.9 Å². The van der Waals surface area contributed by atoms with Crippen LogP contribution in [-0.4, -0.2) is 33.7 Å². The molecular formula is C23H26N2O. The minimum Gasteiger partial charge on any atom is -0.396 e. The molecule has 0 radical (unpaired) electrons. The molecule has 3 atom stereocenters. The molecule has 3 heterocycles. The van der Waals surface area contributed by atoms with Crippen LogP contribution in [-0.2, 0) is 13.0 Å². The van der Waals surface area contributed by atoms with Crippen molar-refractivity contribution < 1.29 is 5.11 Å². The number of rotatable bonds is 5. The molecule has 0 spiro atoms. The first-order valence-electron chi connectivity index (χ1n) is 9.75. The SMILES string of the molecule is OC[C@]1(Cc2ccccc2)C[C@@H]2CC[C@H]1N2Cc1cccc2cc[nH]c12. The van der Waals surface area contributed by atoms with E-state index in [0.29, 0.717) is 12.1 Å². The van der Waals surface area contributed by atoms with Gasteiger partial charge in [-0.15, -0.1) is 0 Å². The average Bonchev–Trinajstić information content (AvgIpc) is 3.37. The molecule has 2 aliphatic heterocycles. The Hall–Kier alpha value is -2.10. The lowest BCUT2D eigenvalue weighted by Crippen LogP contribution is -2.41. The zero-order chi connectivity index (χ0) is 17.6. The number of fused-ring (bicyclic) bond motifs is 3. The largest absolute Gasteiger partial charge is 0.396 e. The van der Waals surface area contributed by atoms with Crippen molar-refractivity contribution in [2.24, 2.45) is 5.41 Å². The van der Waals surface area contributed by atoms with E-state index in [4.69, 9.17) is 0 Å². The van der Waals surface area contributed by atoms with Crippen molar-refractivity contribution in [2.75, 3.05) is 6.61 Å². The quantitative estimate of drug-likeness (QED) is 0.729. The standard InChI is InChI=1S/C23H26N2O/c26-16-23(13-17-5-2-1-3-6-17)14-20-9-10-21(23)25(20)15-19-8-4-7-18-11-12-24-22(18)19/h1-8,11-12,20-21,24,26H,9-10,13-16H2/t20-,21+,23-/m0/s1. The fourth-order valence-electron chi connectivity index (χ4n) is 5.55. The van der Waals surface area contributed by atoms with Crippen molar-refractivity contribution in [1.82, 2.24) is 9.88 Å². The van der Waals surface area contributed by atoms with Gasteiger partial charge in [-0.2, -0.15) is 0 Å². The molecule has 0 aliphatic carbocycles. The van der Waals surface area contributed by atoms with Gasteiger partial charge in [-0.05, 0) is 48.3 Å². The van der Waals surface area contributed by atoms with Crippen LogP contribution in [0, 0.1) is 5.41 Å². The van der Waals surface area contributed by atoms with Crippen molar-refractivity contribution in [3.8, 4) is 0 Å². The van der Waals surface area contributed by atoms with Gasteiger partial charge in [0.1, 0.15) is 0 Å². The summed E-state index contributed by atoms with van der Waals surface area (Å²) in [7, 11) is 0. The number of aliphatic hydroxyl groups is 1. The van der Waals surface area contributed by atoms with Crippen molar-refractivity contribution in [3.05, 3.63) is 71.9 Å². The maximum atomic E-state index is 10.4. The monoisotopic (exact) mass is 346 g/mol. The maximum absolute atomic E-state index is 10.4. The van der Waals surface area contributed by atoms with E-state index < -0.39 is 0 Å². The minimum atomic E-state index is 0.00784. The van der Waals surface area contributed by atoms with Gasteiger partial charge < -0.3 is 10.1 Å². The van der Waals surface area contributed by atoms with Gasteiger partial charge in [0.05, 0.1) is 6.61 Å². The summed E-state index contributed by atoms with van der Waals surface area (Å²) in [5, 5.41) is 11.7. The first-order valence-corrected chi connectivity index (χ1v) is 9.75. The summed E-state index contributed by atoms with van der Waals surface area (Å²) in [5.41, 5.74) is 3.99. The van der Waals surface area contributed by atoms with E-state index in [2.05, 4.69) is 64.5 Å². The second kappa shape index (κ2) is 6.26. The Labute approximate surface area is 154 Å². The van der Waals surface area contributed by atoms with Crippen molar-refractivity contribution in [2.45, 2.75) is 44.3 Å². The van der Waals surface area contributed by atoms with Gasteiger partial charge >= 0.3 is 0 Å². The number of aromatic amines is 1. The lowest BCUT2D eigenvalue weighted by molar-refractivity contribution is 0.0751. The summed E-state index contributed by atoms with van der Waals surface area (Å²) in [6, 6.07) is 20.5. The lowest BCUT2D eigenvalue weighted by Gasteiger charge is -2.36. The van der Waals surface area contributed by atoms with Gasteiger partial charge in [-0.1, -0.05) is 48.5 Å². The van der Waals surface area contributed by atoms with Gasteiger partial charge in [0, 0.05) is 35.8 Å². The van der Waals surface area contributed by atoms with E-state index >= 15 is 0 Å². The number of nitrogens with zero attached hydrogens (tertiary/aromatic N) is 1. The Morgan fingerprint density at radius 1 is 1.04 bits per heavy atom. The first-order chi connectivity index (χ1) is 12.8. The van der Waals surface area contributed by atoms with Crippen LogP contribution >= 0.6 is 0 Å². The highest BCUT2D eigenvalue weighted by molar-refractivity contribution is 5.82. The Bertz CT molecular complexity index is 903. The molecule has 134 valence electrons. The number of aromatic nitrogens is 1. The molecule has 3 heteroatoms. The summed E-state index contributed by atoms with van der Waals surface area (Å²) in [6.07, 6.45) is 6.60. The van der Waals surface area contributed by atoms with E-state index in [1.807, 2.05) is 6.20 Å². The normalized spacial score (nSPS) is 28.2. The third kappa shape index (κ3) is 2.50. The highest BCUT2D eigenvalue weighted by atomic mass is 16.3. The van der Waals surface area contributed by atoms with Crippen molar-refractivity contribution in [1.29, 1.82) is 0 Å². The van der Waals surface area contributed by atoms with Gasteiger partial charge in [0.25, 0.3) is 0 Å². The molecule has 0 saturated carbocycles.